The molecule has 2 rings (SSSR count). The van der Waals surface area contributed by atoms with E-state index in [1.807, 2.05) is 49.3 Å². The van der Waals surface area contributed by atoms with Crippen LogP contribution in [0.4, 0.5) is 0 Å². The molecule has 0 unspecified atom stereocenters. The number of rotatable bonds is 3. The minimum Gasteiger partial charge on any atom is -0.305 e. The van der Waals surface area contributed by atoms with Gasteiger partial charge in [-0.3, -0.25) is 4.79 Å². The number of nitrogens with zero attached hydrogens (tertiary/aromatic N) is 2. The topological polar surface area (TPSA) is 49.0 Å². The van der Waals surface area contributed by atoms with E-state index in [1.54, 1.807) is 6.07 Å². The largest absolute Gasteiger partial charge is 0.305 e. The van der Waals surface area contributed by atoms with Crippen molar-refractivity contribution in [3.8, 4) is 11.3 Å². The van der Waals surface area contributed by atoms with Crippen molar-refractivity contribution in [2.45, 2.75) is 6.54 Å². The lowest BCUT2D eigenvalue weighted by Gasteiger charge is -2.12. The molecular weight excluding hydrogens is 214 g/mol. The summed E-state index contributed by atoms with van der Waals surface area (Å²) in [5.74, 6) is 0. The molecule has 0 bridgehead atoms. The molecule has 88 valence electrons. The van der Waals surface area contributed by atoms with Crippen molar-refractivity contribution in [1.82, 2.24) is 15.1 Å². The third kappa shape index (κ3) is 2.79. The predicted octanol–water partition coefficient (Wildman–Crippen LogP) is 1.50. The Hall–Kier alpha value is -1.94. The van der Waals surface area contributed by atoms with Crippen LogP contribution in [0.25, 0.3) is 11.3 Å². The molecule has 0 amide bonds. The van der Waals surface area contributed by atoms with Gasteiger partial charge in [0.1, 0.15) is 0 Å². The molecule has 0 aliphatic rings. The first-order valence-corrected chi connectivity index (χ1v) is 5.45. The van der Waals surface area contributed by atoms with Crippen LogP contribution in [0.2, 0.25) is 0 Å². The molecule has 0 saturated heterocycles. The molecule has 0 atom stereocenters. The fourth-order valence-electron chi connectivity index (χ4n) is 1.75. The summed E-state index contributed by atoms with van der Waals surface area (Å²) in [6, 6.07) is 11.5. The Balaban J connectivity index is 2.50. The number of aromatic nitrogens is 2. The number of aromatic amines is 1. The standard InChI is InChI=1S/C13H15N3O/c1-16(2)9-11-8-12(17)14-15-13(11)10-6-4-3-5-7-10/h3-8H,9H2,1-2H3,(H,14,17). The summed E-state index contributed by atoms with van der Waals surface area (Å²) in [6.45, 7) is 0.696. The third-order valence-electron chi connectivity index (χ3n) is 2.42. The van der Waals surface area contributed by atoms with Crippen LogP contribution in [0.5, 0.6) is 0 Å². The van der Waals surface area contributed by atoms with Crippen LogP contribution in [0.3, 0.4) is 0 Å². The van der Waals surface area contributed by atoms with Gasteiger partial charge in [-0.05, 0) is 19.7 Å². The lowest BCUT2D eigenvalue weighted by molar-refractivity contribution is 0.402. The molecule has 1 aromatic heterocycles. The van der Waals surface area contributed by atoms with Crippen LogP contribution in [0, 0.1) is 0 Å². The van der Waals surface area contributed by atoms with Gasteiger partial charge in [0.15, 0.2) is 0 Å². The monoisotopic (exact) mass is 229 g/mol. The van der Waals surface area contributed by atoms with Crippen molar-refractivity contribution in [1.29, 1.82) is 0 Å². The van der Waals surface area contributed by atoms with Crippen molar-refractivity contribution < 1.29 is 0 Å². The van der Waals surface area contributed by atoms with E-state index in [-0.39, 0.29) is 5.56 Å². The highest BCUT2D eigenvalue weighted by molar-refractivity contribution is 5.62. The predicted molar refractivity (Wildman–Crippen MR) is 67.7 cm³/mol. The number of H-pyrrole nitrogens is 1. The van der Waals surface area contributed by atoms with Gasteiger partial charge in [0.2, 0.25) is 0 Å². The second kappa shape index (κ2) is 4.93. The second-order valence-corrected chi connectivity index (χ2v) is 4.21. The second-order valence-electron chi connectivity index (χ2n) is 4.21. The van der Waals surface area contributed by atoms with E-state index in [0.717, 1.165) is 16.8 Å². The molecule has 0 saturated carbocycles. The normalized spacial score (nSPS) is 10.8. The summed E-state index contributed by atoms with van der Waals surface area (Å²) in [5.41, 5.74) is 2.62. The molecule has 0 aliphatic heterocycles. The van der Waals surface area contributed by atoms with E-state index in [2.05, 4.69) is 10.2 Å². The maximum Gasteiger partial charge on any atom is 0.264 e. The summed E-state index contributed by atoms with van der Waals surface area (Å²) >= 11 is 0. The Labute approximate surface area is 99.9 Å². The number of hydrogen-bond donors (Lipinski definition) is 1. The van der Waals surface area contributed by atoms with Gasteiger partial charge in [0.05, 0.1) is 5.69 Å². The Morgan fingerprint density at radius 3 is 2.59 bits per heavy atom. The lowest BCUT2D eigenvalue weighted by Crippen LogP contribution is -2.16. The van der Waals surface area contributed by atoms with Crippen LogP contribution in [-0.2, 0) is 6.54 Å². The molecular formula is C13H15N3O. The van der Waals surface area contributed by atoms with Gasteiger partial charge in [0, 0.05) is 18.2 Å². The van der Waals surface area contributed by atoms with Crippen molar-refractivity contribution in [3.63, 3.8) is 0 Å². The highest BCUT2D eigenvalue weighted by atomic mass is 16.1. The molecule has 1 N–H and O–H groups in total. The van der Waals surface area contributed by atoms with Crippen molar-refractivity contribution in [2.24, 2.45) is 0 Å². The van der Waals surface area contributed by atoms with Crippen molar-refractivity contribution in [3.05, 3.63) is 52.3 Å². The van der Waals surface area contributed by atoms with Gasteiger partial charge < -0.3 is 4.90 Å². The first-order chi connectivity index (χ1) is 8.16. The van der Waals surface area contributed by atoms with Crippen LogP contribution >= 0.6 is 0 Å². The zero-order valence-corrected chi connectivity index (χ0v) is 9.97. The molecule has 17 heavy (non-hydrogen) atoms. The Kier molecular flexibility index (Phi) is 3.35. The summed E-state index contributed by atoms with van der Waals surface area (Å²) in [7, 11) is 3.94. The van der Waals surface area contributed by atoms with Crippen LogP contribution in [0.15, 0.2) is 41.2 Å². The van der Waals surface area contributed by atoms with Gasteiger partial charge >= 0.3 is 0 Å². The molecule has 4 nitrogen and oxygen atoms in total. The zero-order chi connectivity index (χ0) is 12.3. The van der Waals surface area contributed by atoms with Crippen molar-refractivity contribution >= 4 is 0 Å². The van der Waals surface area contributed by atoms with Crippen LogP contribution < -0.4 is 5.56 Å². The molecule has 1 heterocycles. The molecule has 0 fully saturated rings. The minimum absolute atomic E-state index is 0.165. The SMILES string of the molecule is CN(C)Cc1cc(=O)[nH]nc1-c1ccccc1. The van der Waals surface area contributed by atoms with E-state index in [1.165, 1.54) is 0 Å². The van der Waals surface area contributed by atoms with E-state index in [4.69, 9.17) is 0 Å². The first-order valence-electron chi connectivity index (χ1n) is 5.45. The molecule has 2 aromatic rings. The summed E-state index contributed by atoms with van der Waals surface area (Å²) in [6.07, 6.45) is 0. The van der Waals surface area contributed by atoms with Crippen LogP contribution in [-0.4, -0.2) is 29.2 Å². The van der Waals surface area contributed by atoms with Crippen LogP contribution in [0.1, 0.15) is 5.56 Å². The smallest absolute Gasteiger partial charge is 0.264 e. The summed E-state index contributed by atoms with van der Waals surface area (Å²) in [4.78, 5) is 13.3. The number of hydrogen-bond acceptors (Lipinski definition) is 3. The average molecular weight is 229 g/mol. The highest BCUT2D eigenvalue weighted by Crippen LogP contribution is 2.19. The molecule has 0 radical (unpaired) electrons. The highest BCUT2D eigenvalue weighted by Gasteiger charge is 2.08. The Morgan fingerprint density at radius 1 is 1.24 bits per heavy atom. The maximum atomic E-state index is 11.3. The first kappa shape index (κ1) is 11.5. The van der Waals surface area contributed by atoms with E-state index in [9.17, 15) is 4.79 Å². The molecule has 1 aromatic carbocycles. The number of benzene rings is 1. The van der Waals surface area contributed by atoms with Gasteiger partial charge in [-0.1, -0.05) is 30.3 Å². The van der Waals surface area contributed by atoms with Gasteiger partial charge in [0.25, 0.3) is 5.56 Å². The Morgan fingerprint density at radius 2 is 1.94 bits per heavy atom. The summed E-state index contributed by atoms with van der Waals surface area (Å²) < 4.78 is 0. The van der Waals surface area contributed by atoms with Gasteiger partial charge in [-0.25, -0.2) is 5.10 Å². The van der Waals surface area contributed by atoms with Gasteiger partial charge in [-0.15, -0.1) is 0 Å². The fraction of sp³-hybridized carbons (Fsp3) is 0.231. The summed E-state index contributed by atoms with van der Waals surface area (Å²) in [5, 5.41) is 6.63. The molecule has 0 aliphatic carbocycles. The lowest BCUT2D eigenvalue weighted by atomic mass is 10.1. The number of nitrogens with one attached hydrogen (secondary N) is 1. The zero-order valence-electron chi connectivity index (χ0n) is 9.97. The third-order valence-corrected chi connectivity index (χ3v) is 2.42. The molecule has 0 spiro atoms. The molecule has 4 heteroatoms. The Bertz CT molecular complexity index is 546. The van der Waals surface area contributed by atoms with E-state index in [0.29, 0.717) is 6.54 Å². The van der Waals surface area contributed by atoms with Gasteiger partial charge in [-0.2, -0.15) is 5.10 Å². The van der Waals surface area contributed by atoms with Crippen molar-refractivity contribution in [2.75, 3.05) is 14.1 Å². The quantitative estimate of drug-likeness (QED) is 0.867. The average Bonchev–Trinajstić information content (AvgIpc) is 2.29. The minimum atomic E-state index is -0.165. The van der Waals surface area contributed by atoms with E-state index < -0.39 is 0 Å². The fourth-order valence-corrected chi connectivity index (χ4v) is 1.75. The maximum absolute atomic E-state index is 11.3. The van der Waals surface area contributed by atoms with E-state index >= 15 is 0 Å².